The molecule has 3 amide bonds. The van der Waals surface area contributed by atoms with Gasteiger partial charge in [-0.3, -0.25) is 10.1 Å². The van der Waals surface area contributed by atoms with Gasteiger partial charge in [0.15, 0.2) is 6.04 Å². The molecular formula is C18H28FN4O2+. The van der Waals surface area contributed by atoms with E-state index in [0.717, 1.165) is 36.8 Å². The van der Waals surface area contributed by atoms with Crippen molar-refractivity contribution in [3.05, 3.63) is 30.1 Å². The molecule has 25 heavy (non-hydrogen) atoms. The van der Waals surface area contributed by atoms with Crippen molar-refractivity contribution in [1.82, 2.24) is 10.6 Å². The van der Waals surface area contributed by atoms with Crippen LogP contribution in [-0.4, -0.2) is 49.7 Å². The third-order valence-corrected chi connectivity index (χ3v) is 4.33. The molecule has 138 valence electrons. The summed E-state index contributed by atoms with van der Waals surface area (Å²) in [6.45, 7) is 10.6. The summed E-state index contributed by atoms with van der Waals surface area (Å²) >= 11 is 0. The summed E-state index contributed by atoms with van der Waals surface area (Å²) in [6, 6.07) is 5.69. The minimum atomic E-state index is -0.464. The Balaban J connectivity index is 1.84. The lowest BCUT2D eigenvalue weighted by molar-refractivity contribution is -0.914. The number of hydrogen-bond donors (Lipinski definition) is 3. The number of anilines is 1. The van der Waals surface area contributed by atoms with Crippen LogP contribution in [0.4, 0.5) is 14.9 Å². The van der Waals surface area contributed by atoms with E-state index in [4.69, 9.17) is 0 Å². The van der Waals surface area contributed by atoms with E-state index in [1.54, 1.807) is 12.1 Å². The molecule has 0 aliphatic carbocycles. The summed E-state index contributed by atoms with van der Waals surface area (Å²) in [5, 5.41) is 5.14. The number of halogens is 1. The second kappa shape index (κ2) is 7.82. The lowest BCUT2D eigenvalue weighted by Crippen LogP contribution is -3.19. The maximum absolute atomic E-state index is 13.0. The molecule has 6 nitrogen and oxygen atoms in total. The van der Waals surface area contributed by atoms with E-state index in [1.165, 1.54) is 12.1 Å². The molecule has 0 bridgehead atoms. The first-order valence-corrected chi connectivity index (χ1v) is 8.64. The predicted molar refractivity (Wildman–Crippen MR) is 95.2 cm³/mol. The Morgan fingerprint density at radius 2 is 1.72 bits per heavy atom. The number of carbonyl (C=O) groups excluding carboxylic acids is 2. The van der Waals surface area contributed by atoms with Gasteiger partial charge >= 0.3 is 6.03 Å². The van der Waals surface area contributed by atoms with Gasteiger partial charge in [-0.05, 0) is 52.0 Å². The number of quaternary nitrogens is 1. The van der Waals surface area contributed by atoms with E-state index in [9.17, 15) is 14.0 Å². The number of nitrogens with zero attached hydrogens (tertiary/aromatic N) is 1. The molecule has 1 aromatic carbocycles. The van der Waals surface area contributed by atoms with Crippen LogP contribution in [0.25, 0.3) is 0 Å². The number of nitrogens with one attached hydrogen (secondary N) is 3. The normalized spacial score (nSPS) is 17.1. The number of hydrogen-bond acceptors (Lipinski definition) is 3. The number of urea groups is 1. The molecule has 1 atom stereocenters. The quantitative estimate of drug-likeness (QED) is 0.745. The average molecular weight is 351 g/mol. The Labute approximate surface area is 148 Å². The summed E-state index contributed by atoms with van der Waals surface area (Å²) in [4.78, 5) is 27.4. The van der Waals surface area contributed by atoms with Crippen molar-refractivity contribution in [3.8, 4) is 0 Å². The standard InChI is InChI=1S/C18H27FN4O2/c1-13(16(24)20-17(25)21-18(2,3)4)22-9-11-23(12-10-22)15-7-5-14(19)6-8-15/h5-8,13H,9-12H2,1-4H3,(H2,20,21,24,25)/p+1/t13-/m1/s1. The zero-order valence-corrected chi connectivity index (χ0v) is 15.4. The summed E-state index contributed by atoms with van der Waals surface area (Å²) in [7, 11) is 0. The van der Waals surface area contributed by atoms with Crippen molar-refractivity contribution >= 4 is 17.6 Å². The van der Waals surface area contributed by atoms with E-state index < -0.39 is 6.03 Å². The van der Waals surface area contributed by atoms with Gasteiger partial charge in [0.05, 0.1) is 26.2 Å². The molecule has 0 spiro atoms. The molecule has 0 aromatic heterocycles. The molecule has 0 radical (unpaired) electrons. The number of piperazine rings is 1. The van der Waals surface area contributed by atoms with Gasteiger partial charge in [-0.15, -0.1) is 0 Å². The van der Waals surface area contributed by atoms with Gasteiger partial charge in [-0.2, -0.15) is 0 Å². The van der Waals surface area contributed by atoms with Crippen LogP contribution in [0.3, 0.4) is 0 Å². The zero-order chi connectivity index (χ0) is 18.6. The van der Waals surface area contributed by atoms with Gasteiger partial charge in [0.1, 0.15) is 5.82 Å². The van der Waals surface area contributed by atoms with Crippen molar-refractivity contribution < 1.29 is 18.9 Å². The third-order valence-electron chi connectivity index (χ3n) is 4.33. The lowest BCUT2D eigenvalue weighted by atomic mass is 10.1. The lowest BCUT2D eigenvalue weighted by Gasteiger charge is -2.36. The molecule has 0 saturated carbocycles. The molecule has 1 heterocycles. The number of amides is 3. The van der Waals surface area contributed by atoms with Gasteiger partial charge in [-0.1, -0.05) is 0 Å². The predicted octanol–water partition coefficient (Wildman–Crippen LogP) is 0.543. The van der Waals surface area contributed by atoms with Crippen LogP contribution in [0.15, 0.2) is 24.3 Å². The molecule has 2 rings (SSSR count). The monoisotopic (exact) mass is 351 g/mol. The van der Waals surface area contributed by atoms with Crippen molar-refractivity contribution in [1.29, 1.82) is 0 Å². The van der Waals surface area contributed by atoms with Crippen LogP contribution in [0, 0.1) is 5.82 Å². The third kappa shape index (κ3) is 5.70. The summed E-state index contributed by atoms with van der Waals surface area (Å²) < 4.78 is 13.0. The van der Waals surface area contributed by atoms with E-state index >= 15 is 0 Å². The topological polar surface area (TPSA) is 65.9 Å². The van der Waals surface area contributed by atoms with Crippen molar-refractivity contribution in [2.24, 2.45) is 0 Å². The Morgan fingerprint density at radius 3 is 2.24 bits per heavy atom. The molecule has 0 unspecified atom stereocenters. The maximum atomic E-state index is 13.0. The first-order chi connectivity index (χ1) is 11.7. The fourth-order valence-electron chi connectivity index (χ4n) is 2.91. The Morgan fingerprint density at radius 1 is 1.16 bits per heavy atom. The highest BCUT2D eigenvalue weighted by molar-refractivity contribution is 5.96. The van der Waals surface area contributed by atoms with Crippen molar-refractivity contribution in [2.45, 2.75) is 39.3 Å². The highest BCUT2D eigenvalue weighted by Gasteiger charge is 2.30. The van der Waals surface area contributed by atoms with Crippen LogP contribution >= 0.6 is 0 Å². The smallest absolute Gasteiger partial charge is 0.322 e. The summed E-state index contributed by atoms with van der Waals surface area (Å²) in [5.41, 5.74) is 0.600. The molecule has 7 heteroatoms. The fourth-order valence-corrected chi connectivity index (χ4v) is 2.91. The van der Waals surface area contributed by atoms with Gasteiger partial charge in [-0.25, -0.2) is 9.18 Å². The van der Waals surface area contributed by atoms with E-state index in [1.807, 2.05) is 27.7 Å². The zero-order valence-electron chi connectivity index (χ0n) is 15.4. The first kappa shape index (κ1) is 19.2. The van der Waals surface area contributed by atoms with Crippen LogP contribution < -0.4 is 20.4 Å². The number of carbonyl (C=O) groups is 2. The molecule has 1 aliphatic rings. The number of benzene rings is 1. The second-order valence-electron chi connectivity index (χ2n) is 7.54. The number of imide groups is 1. The average Bonchev–Trinajstić information content (AvgIpc) is 2.53. The van der Waals surface area contributed by atoms with E-state index in [0.29, 0.717) is 0 Å². The molecule has 1 aromatic rings. The highest BCUT2D eigenvalue weighted by atomic mass is 19.1. The Bertz CT molecular complexity index is 604. The minimum Gasteiger partial charge on any atom is -0.360 e. The van der Waals surface area contributed by atoms with Gasteiger partial charge in [0.25, 0.3) is 5.91 Å². The first-order valence-electron chi connectivity index (χ1n) is 8.64. The van der Waals surface area contributed by atoms with Crippen LogP contribution in [0.5, 0.6) is 0 Å². The molecule has 1 aliphatic heterocycles. The van der Waals surface area contributed by atoms with Crippen LogP contribution in [-0.2, 0) is 4.79 Å². The number of rotatable bonds is 3. The fraction of sp³-hybridized carbons (Fsp3) is 0.556. The minimum absolute atomic E-state index is 0.244. The van der Waals surface area contributed by atoms with Gasteiger partial charge in [0, 0.05) is 11.2 Å². The molecular weight excluding hydrogens is 323 g/mol. The SMILES string of the molecule is C[C@H](C(=O)NC(=O)NC(C)(C)C)[NH+]1CCN(c2ccc(F)cc2)CC1. The van der Waals surface area contributed by atoms with Crippen LogP contribution in [0.1, 0.15) is 27.7 Å². The molecule has 1 fully saturated rings. The van der Waals surface area contributed by atoms with Crippen molar-refractivity contribution in [2.75, 3.05) is 31.1 Å². The second-order valence-corrected chi connectivity index (χ2v) is 7.54. The van der Waals surface area contributed by atoms with Crippen molar-refractivity contribution in [3.63, 3.8) is 0 Å². The summed E-state index contributed by atoms with van der Waals surface area (Å²) in [5.74, 6) is -0.515. The summed E-state index contributed by atoms with van der Waals surface area (Å²) in [6.07, 6.45) is 0. The van der Waals surface area contributed by atoms with E-state index in [2.05, 4.69) is 15.5 Å². The largest absolute Gasteiger partial charge is 0.360 e. The Hall–Kier alpha value is -2.15. The van der Waals surface area contributed by atoms with E-state index in [-0.39, 0.29) is 23.3 Å². The Kier molecular flexibility index (Phi) is 6.00. The molecule has 1 saturated heterocycles. The van der Waals surface area contributed by atoms with Gasteiger partial charge < -0.3 is 15.1 Å². The molecule has 3 N–H and O–H groups in total. The maximum Gasteiger partial charge on any atom is 0.322 e. The van der Waals surface area contributed by atoms with Crippen LogP contribution in [0.2, 0.25) is 0 Å². The van der Waals surface area contributed by atoms with Gasteiger partial charge in [0.2, 0.25) is 0 Å². The highest BCUT2D eigenvalue weighted by Crippen LogP contribution is 2.14.